The van der Waals surface area contributed by atoms with E-state index in [-0.39, 0.29) is 36.6 Å². The Hall–Kier alpha value is -1.30. The smallest absolute Gasteiger partial charge is 0.224 e. The molecule has 0 saturated heterocycles. The number of carbonyl (C=O) groups excluding carboxylic acids is 1. The Morgan fingerprint density at radius 2 is 2.10 bits per heavy atom. The minimum absolute atomic E-state index is 0. The second-order valence-electron chi connectivity index (χ2n) is 4.80. The molecule has 2 N–H and O–H groups in total. The van der Waals surface area contributed by atoms with Crippen molar-refractivity contribution in [3.8, 4) is 0 Å². The fraction of sp³-hybridized carbons (Fsp3) is 0.429. The molecule has 2 heterocycles. The van der Waals surface area contributed by atoms with Crippen LogP contribution in [-0.2, 0) is 11.3 Å². The second-order valence-corrected chi connectivity index (χ2v) is 4.80. The normalized spacial score (nSPS) is 11.4. The highest BCUT2D eigenvalue weighted by atomic mass is 35.5. The Morgan fingerprint density at radius 3 is 2.71 bits per heavy atom. The molecule has 1 unspecified atom stereocenters. The van der Waals surface area contributed by atoms with Crippen LogP contribution >= 0.6 is 24.8 Å². The summed E-state index contributed by atoms with van der Waals surface area (Å²) in [6.45, 7) is 5.08. The Balaban J connectivity index is 0.00000200. The molecule has 2 rings (SSSR count). The Kier molecular flexibility index (Phi) is 8.32. The topological polar surface area (TPSA) is 58.4 Å². The van der Waals surface area contributed by atoms with E-state index in [4.69, 9.17) is 0 Å². The monoisotopic (exact) mass is 332 g/mol. The molecular weight excluding hydrogens is 311 g/mol. The van der Waals surface area contributed by atoms with E-state index >= 15 is 0 Å². The van der Waals surface area contributed by atoms with Gasteiger partial charge in [-0.3, -0.25) is 4.79 Å². The molecule has 0 fully saturated rings. The number of rotatable bonds is 5. The average molecular weight is 333 g/mol. The summed E-state index contributed by atoms with van der Waals surface area (Å²) in [4.78, 5) is 16.3. The molecule has 0 aliphatic rings. The third-order valence-electron chi connectivity index (χ3n) is 3.15. The molecule has 0 aliphatic carbocycles. The summed E-state index contributed by atoms with van der Waals surface area (Å²) in [5.74, 6) is 0.00638. The van der Waals surface area contributed by atoms with E-state index in [0.29, 0.717) is 13.1 Å². The van der Waals surface area contributed by atoms with Gasteiger partial charge in [-0.1, -0.05) is 13.0 Å². The van der Waals surface area contributed by atoms with E-state index in [1.807, 2.05) is 49.7 Å². The highest BCUT2D eigenvalue weighted by Crippen LogP contribution is 2.08. The first-order valence-corrected chi connectivity index (χ1v) is 6.47. The number of nitrogens with one attached hydrogen (secondary N) is 2. The standard InChI is InChI=1S/C14H20N4O.2ClH/c1-10(7-15-3)14(19)16-8-12-9-18-11(2)5-4-6-13(18)17-12;;/h4-6,9-10,15H,7-8H2,1-3H3,(H,16,19);2*1H. The Morgan fingerprint density at radius 1 is 1.38 bits per heavy atom. The van der Waals surface area contributed by atoms with Crippen LogP contribution < -0.4 is 10.6 Å². The lowest BCUT2D eigenvalue weighted by atomic mass is 10.1. The molecule has 2 aromatic rings. The number of pyridine rings is 1. The van der Waals surface area contributed by atoms with Gasteiger partial charge < -0.3 is 15.0 Å². The van der Waals surface area contributed by atoms with Crippen LogP contribution in [0.1, 0.15) is 18.3 Å². The minimum atomic E-state index is -0.0382. The highest BCUT2D eigenvalue weighted by molar-refractivity contribution is 5.85. The zero-order valence-electron chi connectivity index (χ0n) is 12.4. The van der Waals surface area contributed by atoms with E-state index in [0.717, 1.165) is 17.0 Å². The predicted molar refractivity (Wildman–Crippen MR) is 89.4 cm³/mol. The summed E-state index contributed by atoms with van der Waals surface area (Å²) in [6, 6.07) is 5.98. The number of aryl methyl sites for hydroxylation is 1. The summed E-state index contributed by atoms with van der Waals surface area (Å²) in [5.41, 5.74) is 2.91. The Labute approximate surface area is 137 Å². The third-order valence-corrected chi connectivity index (χ3v) is 3.15. The number of carbonyl (C=O) groups is 1. The number of aromatic nitrogens is 2. The maximum atomic E-state index is 11.8. The van der Waals surface area contributed by atoms with Gasteiger partial charge in [0.1, 0.15) is 5.65 Å². The van der Waals surface area contributed by atoms with Crippen LogP contribution in [0.4, 0.5) is 0 Å². The van der Waals surface area contributed by atoms with Crippen molar-refractivity contribution < 1.29 is 4.79 Å². The first-order chi connectivity index (χ1) is 9.11. The Bertz CT molecular complexity index is 585. The van der Waals surface area contributed by atoms with Crippen LogP contribution in [0.25, 0.3) is 5.65 Å². The molecule has 118 valence electrons. The first-order valence-electron chi connectivity index (χ1n) is 6.47. The van der Waals surface area contributed by atoms with Crippen molar-refractivity contribution in [2.75, 3.05) is 13.6 Å². The molecule has 21 heavy (non-hydrogen) atoms. The molecule has 5 nitrogen and oxygen atoms in total. The molecule has 1 atom stereocenters. The molecule has 0 aliphatic heterocycles. The highest BCUT2D eigenvalue weighted by Gasteiger charge is 2.12. The van der Waals surface area contributed by atoms with Gasteiger partial charge in [0, 0.05) is 24.4 Å². The fourth-order valence-corrected chi connectivity index (χ4v) is 2.03. The van der Waals surface area contributed by atoms with Crippen molar-refractivity contribution in [3.05, 3.63) is 35.8 Å². The average Bonchev–Trinajstić information content (AvgIpc) is 2.80. The number of hydrogen-bond donors (Lipinski definition) is 2. The van der Waals surface area contributed by atoms with Crippen molar-refractivity contribution in [2.24, 2.45) is 5.92 Å². The summed E-state index contributed by atoms with van der Waals surface area (Å²) in [5, 5.41) is 5.90. The van der Waals surface area contributed by atoms with Gasteiger partial charge in [-0.2, -0.15) is 0 Å². The SMILES string of the molecule is CNCC(C)C(=O)NCc1cn2c(C)cccc2n1.Cl.Cl. The van der Waals surface area contributed by atoms with Gasteiger partial charge in [0.25, 0.3) is 0 Å². The lowest BCUT2D eigenvalue weighted by Gasteiger charge is -2.10. The van der Waals surface area contributed by atoms with Crippen LogP contribution in [0.3, 0.4) is 0 Å². The second kappa shape index (κ2) is 8.87. The largest absolute Gasteiger partial charge is 0.350 e. The fourth-order valence-electron chi connectivity index (χ4n) is 2.03. The van der Waals surface area contributed by atoms with E-state index in [1.165, 1.54) is 0 Å². The number of fused-ring (bicyclic) bond motifs is 1. The third kappa shape index (κ3) is 4.88. The molecule has 0 saturated carbocycles. The first kappa shape index (κ1) is 19.7. The molecular formula is C14H22Cl2N4O. The van der Waals surface area contributed by atoms with Crippen LogP contribution in [0, 0.1) is 12.8 Å². The summed E-state index contributed by atoms with van der Waals surface area (Å²) < 4.78 is 2.03. The minimum Gasteiger partial charge on any atom is -0.350 e. The number of nitrogens with zero attached hydrogens (tertiary/aromatic N) is 2. The number of hydrogen-bond acceptors (Lipinski definition) is 3. The quantitative estimate of drug-likeness (QED) is 0.879. The van der Waals surface area contributed by atoms with Gasteiger partial charge in [-0.05, 0) is 26.1 Å². The maximum absolute atomic E-state index is 11.8. The van der Waals surface area contributed by atoms with E-state index in [2.05, 4.69) is 15.6 Å². The molecule has 0 spiro atoms. The van der Waals surface area contributed by atoms with E-state index < -0.39 is 0 Å². The molecule has 0 aromatic carbocycles. The lowest BCUT2D eigenvalue weighted by molar-refractivity contribution is -0.124. The number of halogens is 2. The molecule has 2 aromatic heterocycles. The maximum Gasteiger partial charge on any atom is 0.224 e. The molecule has 0 radical (unpaired) electrons. The summed E-state index contributed by atoms with van der Waals surface area (Å²) in [7, 11) is 1.84. The zero-order chi connectivity index (χ0) is 13.8. The van der Waals surface area contributed by atoms with Crippen LogP contribution in [0.5, 0.6) is 0 Å². The van der Waals surface area contributed by atoms with Crippen LogP contribution in [0.15, 0.2) is 24.4 Å². The van der Waals surface area contributed by atoms with Gasteiger partial charge in [-0.15, -0.1) is 24.8 Å². The van der Waals surface area contributed by atoms with Gasteiger partial charge >= 0.3 is 0 Å². The summed E-state index contributed by atoms with van der Waals surface area (Å²) in [6.07, 6.45) is 1.97. The molecule has 0 bridgehead atoms. The van der Waals surface area contributed by atoms with Crippen LogP contribution in [-0.4, -0.2) is 28.9 Å². The molecule has 7 heteroatoms. The van der Waals surface area contributed by atoms with Gasteiger partial charge in [0.15, 0.2) is 0 Å². The van der Waals surface area contributed by atoms with Crippen molar-refractivity contribution in [1.29, 1.82) is 0 Å². The lowest BCUT2D eigenvalue weighted by Crippen LogP contribution is -2.33. The van der Waals surface area contributed by atoms with Crippen molar-refractivity contribution in [2.45, 2.75) is 20.4 Å². The van der Waals surface area contributed by atoms with Gasteiger partial charge in [0.05, 0.1) is 12.2 Å². The predicted octanol–water partition coefficient (Wildman–Crippen LogP) is 1.96. The van der Waals surface area contributed by atoms with Crippen molar-refractivity contribution in [1.82, 2.24) is 20.0 Å². The summed E-state index contributed by atoms with van der Waals surface area (Å²) >= 11 is 0. The van der Waals surface area contributed by atoms with E-state index in [1.54, 1.807) is 0 Å². The number of amides is 1. The van der Waals surface area contributed by atoms with E-state index in [9.17, 15) is 4.79 Å². The molecule has 1 amide bonds. The zero-order valence-corrected chi connectivity index (χ0v) is 14.1. The number of imidazole rings is 1. The van der Waals surface area contributed by atoms with Crippen LogP contribution in [0.2, 0.25) is 0 Å². The van der Waals surface area contributed by atoms with Gasteiger partial charge in [-0.25, -0.2) is 4.98 Å². The van der Waals surface area contributed by atoms with Gasteiger partial charge in [0.2, 0.25) is 5.91 Å². The van der Waals surface area contributed by atoms with Crippen molar-refractivity contribution >= 4 is 36.4 Å². The van der Waals surface area contributed by atoms with Crippen molar-refractivity contribution in [3.63, 3.8) is 0 Å².